The molecular formula is C37H48N2O12. The molecule has 6 rings (SSSR count). The highest BCUT2D eigenvalue weighted by Gasteiger charge is 2.43. The number of rotatable bonds is 6. The van der Waals surface area contributed by atoms with E-state index in [0.717, 1.165) is 29.0 Å². The van der Waals surface area contributed by atoms with Gasteiger partial charge in [-0.15, -0.1) is 0 Å². The number of hydrogen-bond acceptors (Lipinski definition) is 11. The Bertz CT molecular complexity index is 1610. The maximum Gasteiger partial charge on any atom is 0.411 e. The number of carboxylic acids is 1. The molecule has 0 bridgehead atoms. The minimum Gasteiger partial charge on any atom is -0.480 e. The predicted octanol–water partition coefficient (Wildman–Crippen LogP) is 5.42. The van der Waals surface area contributed by atoms with E-state index >= 15 is 0 Å². The molecule has 278 valence electrons. The first-order valence-corrected chi connectivity index (χ1v) is 17.1. The summed E-state index contributed by atoms with van der Waals surface area (Å²) in [6.07, 6.45) is 1.28. The fourth-order valence-electron chi connectivity index (χ4n) is 6.58. The number of benzene rings is 2. The molecule has 0 saturated carbocycles. The van der Waals surface area contributed by atoms with Crippen molar-refractivity contribution in [2.24, 2.45) is 11.8 Å². The summed E-state index contributed by atoms with van der Waals surface area (Å²) in [5.74, 6) is 1.66. The van der Waals surface area contributed by atoms with E-state index in [4.69, 9.17) is 33.2 Å². The first-order chi connectivity index (χ1) is 24.0. The van der Waals surface area contributed by atoms with Gasteiger partial charge in [-0.05, 0) is 114 Å². The lowest BCUT2D eigenvalue weighted by Gasteiger charge is -2.27. The lowest BCUT2D eigenvalue weighted by atomic mass is 9.96. The second-order valence-electron chi connectivity index (χ2n) is 15.1. The zero-order valence-electron chi connectivity index (χ0n) is 30.3. The molecule has 0 spiro atoms. The third kappa shape index (κ3) is 9.67. The van der Waals surface area contributed by atoms with Gasteiger partial charge < -0.3 is 38.3 Å². The van der Waals surface area contributed by atoms with Gasteiger partial charge in [-0.25, -0.2) is 19.2 Å². The van der Waals surface area contributed by atoms with E-state index in [1.165, 1.54) is 16.9 Å². The van der Waals surface area contributed by atoms with E-state index in [9.17, 15) is 24.3 Å². The summed E-state index contributed by atoms with van der Waals surface area (Å²) in [4.78, 5) is 51.3. The number of ether oxygens (including phenoxy) is 7. The number of aliphatic carboxylic acids is 1. The van der Waals surface area contributed by atoms with Crippen LogP contribution in [0.3, 0.4) is 0 Å². The summed E-state index contributed by atoms with van der Waals surface area (Å²) in [5.41, 5.74) is 0.834. The topological polar surface area (TPSA) is 160 Å². The summed E-state index contributed by atoms with van der Waals surface area (Å²) in [6, 6.07) is 10.1. The van der Waals surface area contributed by atoms with Crippen molar-refractivity contribution in [3.05, 3.63) is 47.5 Å². The molecule has 4 aliphatic rings. The van der Waals surface area contributed by atoms with Crippen molar-refractivity contribution in [1.82, 2.24) is 9.80 Å². The van der Waals surface area contributed by atoms with Crippen LogP contribution in [0.15, 0.2) is 36.4 Å². The lowest BCUT2D eigenvalue weighted by Crippen LogP contribution is -2.43. The fraction of sp³-hybridized carbons (Fsp3) is 0.568. The zero-order chi connectivity index (χ0) is 37.1. The smallest absolute Gasteiger partial charge is 0.411 e. The van der Waals surface area contributed by atoms with Crippen molar-refractivity contribution in [3.8, 4) is 23.0 Å². The van der Waals surface area contributed by atoms with Crippen LogP contribution in [-0.2, 0) is 36.6 Å². The van der Waals surface area contributed by atoms with Crippen molar-refractivity contribution in [2.75, 3.05) is 33.8 Å². The summed E-state index contributed by atoms with van der Waals surface area (Å²) < 4.78 is 37.1. The number of amides is 2. The minimum absolute atomic E-state index is 0.0500. The molecule has 0 radical (unpaired) electrons. The van der Waals surface area contributed by atoms with E-state index < -0.39 is 47.4 Å². The van der Waals surface area contributed by atoms with Gasteiger partial charge in [0.2, 0.25) is 13.6 Å². The third-order valence-corrected chi connectivity index (χ3v) is 8.71. The van der Waals surface area contributed by atoms with Gasteiger partial charge in [-0.3, -0.25) is 9.80 Å². The van der Waals surface area contributed by atoms with Crippen molar-refractivity contribution in [3.63, 3.8) is 0 Å². The van der Waals surface area contributed by atoms with Crippen LogP contribution < -0.4 is 18.9 Å². The maximum absolute atomic E-state index is 12.5. The van der Waals surface area contributed by atoms with Crippen LogP contribution in [0.1, 0.15) is 65.5 Å². The number of fused-ring (bicyclic) bond motifs is 2. The molecule has 2 aromatic carbocycles. The summed E-state index contributed by atoms with van der Waals surface area (Å²) in [6.45, 7) is 12.0. The van der Waals surface area contributed by atoms with Gasteiger partial charge in [0.05, 0.1) is 7.11 Å². The van der Waals surface area contributed by atoms with Gasteiger partial charge in [0.25, 0.3) is 0 Å². The third-order valence-electron chi connectivity index (χ3n) is 8.71. The van der Waals surface area contributed by atoms with E-state index in [-0.39, 0.29) is 25.4 Å². The quantitative estimate of drug-likeness (QED) is 0.300. The summed E-state index contributed by atoms with van der Waals surface area (Å²) in [7, 11) is 1.33. The molecule has 4 atom stereocenters. The largest absolute Gasteiger partial charge is 0.480 e. The number of esters is 1. The molecule has 51 heavy (non-hydrogen) atoms. The van der Waals surface area contributed by atoms with Gasteiger partial charge in [0.1, 0.15) is 23.3 Å². The van der Waals surface area contributed by atoms with Crippen LogP contribution in [0.2, 0.25) is 0 Å². The molecule has 2 saturated heterocycles. The Labute approximate surface area is 297 Å². The monoisotopic (exact) mass is 712 g/mol. The average Bonchev–Trinajstić information content (AvgIpc) is 3.85. The highest BCUT2D eigenvalue weighted by molar-refractivity contribution is 5.82. The van der Waals surface area contributed by atoms with E-state index in [2.05, 4.69) is 0 Å². The first-order valence-electron chi connectivity index (χ1n) is 17.1. The standard InChI is InChI=1S/C19H25NO6.C18H23NO6/c1-19(2,3)26-18(22)20-10-13(8-14(20)17(21)23-4)7-12-5-6-15-16(9-12)25-11-24-15;1-18(2,3)25-17(22)19-9-12(7-13(19)16(20)21)6-11-4-5-14-15(8-11)24-10-23-14/h5-6,9,13-14H,7-8,10-11H2,1-4H3;4-5,8,12-13H,6-7,9-10H2,1-3H3,(H,20,21)/t13-,14+;12-,13+/m11/s1. The number of methoxy groups -OCH3 is 1. The number of carbonyl (C=O) groups is 4. The lowest BCUT2D eigenvalue weighted by molar-refractivity contribution is -0.145. The number of likely N-dealkylation sites (tertiary alicyclic amines) is 2. The molecule has 0 aliphatic carbocycles. The molecule has 1 N–H and O–H groups in total. The van der Waals surface area contributed by atoms with Crippen LogP contribution >= 0.6 is 0 Å². The minimum atomic E-state index is -1.00. The molecule has 14 nitrogen and oxygen atoms in total. The normalized spacial score (nSPS) is 21.9. The highest BCUT2D eigenvalue weighted by atomic mass is 16.7. The van der Waals surface area contributed by atoms with Crippen LogP contribution in [0.4, 0.5) is 9.59 Å². The number of nitrogens with zero attached hydrogens (tertiary/aromatic N) is 2. The number of hydrogen-bond donors (Lipinski definition) is 1. The van der Waals surface area contributed by atoms with Gasteiger partial charge in [0.15, 0.2) is 23.0 Å². The molecular weight excluding hydrogens is 664 g/mol. The molecule has 2 fully saturated rings. The van der Waals surface area contributed by atoms with Crippen molar-refractivity contribution in [1.29, 1.82) is 0 Å². The second-order valence-corrected chi connectivity index (χ2v) is 15.1. The molecule has 2 aromatic rings. The van der Waals surface area contributed by atoms with Crippen LogP contribution in [0.5, 0.6) is 23.0 Å². The molecule has 4 aliphatic heterocycles. The zero-order valence-corrected chi connectivity index (χ0v) is 30.3. The summed E-state index contributed by atoms with van der Waals surface area (Å²) >= 11 is 0. The first kappa shape index (κ1) is 37.4. The van der Waals surface area contributed by atoms with Crippen molar-refractivity contribution in [2.45, 2.75) is 90.5 Å². The Balaban J connectivity index is 0.000000198. The summed E-state index contributed by atoms with van der Waals surface area (Å²) in [5, 5.41) is 9.46. The molecule has 0 aromatic heterocycles. The Kier molecular flexibility index (Phi) is 11.1. The van der Waals surface area contributed by atoms with Crippen LogP contribution in [0.25, 0.3) is 0 Å². The number of carboxylic acid groups (broad SMARTS) is 1. The second kappa shape index (κ2) is 15.2. The Hall–Kier alpha value is -4.88. The predicted molar refractivity (Wildman–Crippen MR) is 182 cm³/mol. The van der Waals surface area contributed by atoms with E-state index in [0.29, 0.717) is 43.9 Å². The number of carbonyl (C=O) groups excluding carboxylic acids is 3. The molecule has 14 heteroatoms. The average molecular weight is 713 g/mol. The van der Waals surface area contributed by atoms with Crippen LogP contribution in [-0.4, -0.2) is 96.1 Å². The van der Waals surface area contributed by atoms with Gasteiger partial charge in [-0.1, -0.05) is 12.1 Å². The van der Waals surface area contributed by atoms with Crippen LogP contribution in [0, 0.1) is 11.8 Å². The fourth-order valence-corrected chi connectivity index (χ4v) is 6.58. The Morgan fingerprint density at radius 2 is 1.10 bits per heavy atom. The van der Waals surface area contributed by atoms with E-state index in [1.807, 2.05) is 36.4 Å². The Morgan fingerprint density at radius 1 is 0.686 bits per heavy atom. The van der Waals surface area contributed by atoms with E-state index in [1.54, 1.807) is 41.5 Å². The molecule has 4 heterocycles. The van der Waals surface area contributed by atoms with Crippen molar-refractivity contribution < 1.29 is 57.4 Å². The SMILES string of the molecule is CC(C)(C)OC(=O)N1C[C@H](Cc2ccc3c(c2)OCO3)C[C@H]1C(=O)O.COC(=O)[C@@H]1C[C@@H](Cc2ccc3c(c2)OCO3)CN1C(=O)OC(C)(C)C. The maximum atomic E-state index is 12.5. The highest BCUT2D eigenvalue weighted by Crippen LogP contribution is 2.36. The van der Waals surface area contributed by atoms with Gasteiger partial charge in [-0.2, -0.15) is 0 Å². The van der Waals surface area contributed by atoms with Crippen molar-refractivity contribution >= 4 is 24.1 Å². The van der Waals surface area contributed by atoms with Gasteiger partial charge >= 0.3 is 24.1 Å². The molecule has 0 unspecified atom stereocenters. The van der Waals surface area contributed by atoms with Gasteiger partial charge in [0, 0.05) is 13.1 Å². The Morgan fingerprint density at radius 3 is 1.51 bits per heavy atom. The molecule has 2 amide bonds.